The summed E-state index contributed by atoms with van der Waals surface area (Å²) in [5, 5.41) is 10.8. The molecule has 3 N–H and O–H groups in total. The van der Waals surface area contributed by atoms with Gasteiger partial charge >= 0.3 is 0 Å². The van der Waals surface area contributed by atoms with E-state index in [-0.39, 0.29) is 16.3 Å². The molecular weight excluding hydrogens is 300 g/mol. The molecule has 0 unspecified atom stereocenters. The molecule has 2 aromatic carbocycles. The van der Waals surface area contributed by atoms with Crippen LogP contribution in [0.5, 0.6) is 0 Å². The summed E-state index contributed by atoms with van der Waals surface area (Å²) in [6, 6.07) is 7.43. The molecule has 0 spiro atoms. The van der Waals surface area contributed by atoms with Crippen LogP contribution in [0.25, 0.3) is 0 Å². The fourth-order valence-corrected chi connectivity index (χ4v) is 2.61. The van der Waals surface area contributed by atoms with E-state index in [0.717, 1.165) is 23.9 Å². The van der Waals surface area contributed by atoms with Crippen LogP contribution in [0.2, 0.25) is 0 Å². The van der Waals surface area contributed by atoms with Gasteiger partial charge in [-0.05, 0) is 23.8 Å². The van der Waals surface area contributed by atoms with Gasteiger partial charge in [0.05, 0.1) is 10.6 Å². The first-order valence-corrected chi connectivity index (χ1v) is 6.81. The molecule has 0 fully saturated rings. The van der Waals surface area contributed by atoms with Gasteiger partial charge < -0.3 is 5.43 Å². The van der Waals surface area contributed by atoms with E-state index in [1.165, 1.54) is 24.3 Å². The quantitative estimate of drug-likeness (QED) is 0.382. The molecular formula is C13H11F2N3O2S. The number of rotatable bonds is 5. The van der Waals surface area contributed by atoms with Gasteiger partial charge in [0.2, 0.25) is 0 Å². The van der Waals surface area contributed by atoms with Crippen molar-refractivity contribution in [2.45, 2.75) is 10.6 Å². The summed E-state index contributed by atoms with van der Waals surface area (Å²) in [6.07, 6.45) is 0. The van der Waals surface area contributed by atoms with E-state index in [4.69, 9.17) is 5.84 Å². The predicted octanol–water partition coefficient (Wildman–Crippen LogP) is 3.45. The predicted molar refractivity (Wildman–Crippen MR) is 76.8 cm³/mol. The van der Waals surface area contributed by atoms with Crippen molar-refractivity contribution in [3.8, 4) is 0 Å². The Morgan fingerprint density at radius 2 is 2.00 bits per heavy atom. The van der Waals surface area contributed by atoms with Gasteiger partial charge in [0, 0.05) is 28.8 Å². The third kappa shape index (κ3) is 3.67. The summed E-state index contributed by atoms with van der Waals surface area (Å²) in [6.45, 7) is 0. The van der Waals surface area contributed by atoms with Gasteiger partial charge in [-0.1, -0.05) is 0 Å². The maximum absolute atomic E-state index is 13.5. The summed E-state index contributed by atoms with van der Waals surface area (Å²) >= 11 is 1.10. The van der Waals surface area contributed by atoms with E-state index in [9.17, 15) is 18.9 Å². The summed E-state index contributed by atoms with van der Waals surface area (Å²) in [4.78, 5) is 10.5. The molecule has 5 nitrogen and oxygen atoms in total. The minimum Gasteiger partial charge on any atom is -0.324 e. The minimum atomic E-state index is -0.673. The highest BCUT2D eigenvalue weighted by Gasteiger charge is 2.12. The van der Waals surface area contributed by atoms with E-state index in [2.05, 4.69) is 5.43 Å². The van der Waals surface area contributed by atoms with Gasteiger partial charge in [-0.15, -0.1) is 11.8 Å². The molecule has 0 amide bonds. The van der Waals surface area contributed by atoms with Crippen molar-refractivity contribution < 1.29 is 13.7 Å². The molecule has 8 heteroatoms. The van der Waals surface area contributed by atoms with Gasteiger partial charge in [0.1, 0.15) is 11.6 Å². The number of halogens is 2. The summed E-state index contributed by atoms with van der Waals surface area (Å²) in [5.74, 6) is 4.27. The number of benzene rings is 2. The molecule has 0 saturated carbocycles. The van der Waals surface area contributed by atoms with Gasteiger partial charge in [-0.2, -0.15) is 0 Å². The Hall–Kier alpha value is -2.19. The zero-order valence-electron chi connectivity index (χ0n) is 10.7. The van der Waals surface area contributed by atoms with Crippen molar-refractivity contribution >= 4 is 23.1 Å². The number of nitro groups is 1. The maximum atomic E-state index is 13.5. The fourth-order valence-electron chi connectivity index (χ4n) is 1.70. The number of nitrogens with one attached hydrogen (secondary N) is 1. The number of non-ortho nitro benzene ring substituents is 1. The normalized spacial score (nSPS) is 10.4. The third-order valence-electron chi connectivity index (χ3n) is 2.73. The second kappa shape index (κ2) is 6.51. The summed E-state index contributed by atoms with van der Waals surface area (Å²) in [7, 11) is 0. The van der Waals surface area contributed by atoms with Crippen LogP contribution in [0.3, 0.4) is 0 Å². The zero-order valence-corrected chi connectivity index (χ0v) is 11.5. The fraction of sp³-hybridized carbons (Fsp3) is 0.0769. The smallest absolute Gasteiger partial charge is 0.269 e. The number of hydrazine groups is 1. The molecule has 0 heterocycles. The molecule has 0 aromatic heterocycles. The monoisotopic (exact) mass is 311 g/mol. The van der Waals surface area contributed by atoms with Crippen molar-refractivity contribution in [3.63, 3.8) is 0 Å². The Morgan fingerprint density at radius 3 is 2.62 bits per heavy atom. The van der Waals surface area contributed by atoms with Crippen molar-refractivity contribution in [3.05, 3.63) is 63.7 Å². The van der Waals surface area contributed by atoms with Crippen LogP contribution >= 0.6 is 11.8 Å². The standard InChI is InChI=1S/C13H11F2N3O2S/c14-9-1-4-13(11(15)6-9)21-7-8-5-10(18(19)20)2-3-12(8)17-16/h1-6,17H,7,16H2. The van der Waals surface area contributed by atoms with Crippen molar-refractivity contribution in [1.29, 1.82) is 0 Å². The van der Waals surface area contributed by atoms with Crippen molar-refractivity contribution in [1.82, 2.24) is 0 Å². The Morgan fingerprint density at radius 1 is 1.24 bits per heavy atom. The van der Waals surface area contributed by atoms with Crippen LogP contribution in [0.1, 0.15) is 5.56 Å². The molecule has 0 aliphatic rings. The van der Waals surface area contributed by atoms with Gasteiger partial charge in [0.25, 0.3) is 5.69 Å². The molecule has 0 bridgehead atoms. The number of hydrogen-bond donors (Lipinski definition) is 2. The van der Waals surface area contributed by atoms with Crippen LogP contribution < -0.4 is 11.3 Å². The van der Waals surface area contributed by atoms with Crippen LogP contribution in [-0.2, 0) is 5.75 Å². The Labute approximate surface area is 123 Å². The highest BCUT2D eigenvalue weighted by atomic mass is 32.2. The first kappa shape index (κ1) is 15.2. The van der Waals surface area contributed by atoms with Crippen molar-refractivity contribution in [2.24, 2.45) is 5.84 Å². The molecule has 0 aliphatic heterocycles. The van der Waals surface area contributed by atoms with Crippen LogP contribution in [0.15, 0.2) is 41.3 Å². The lowest BCUT2D eigenvalue weighted by Crippen LogP contribution is -2.09. The first-order valence-electron chi connectivity index (χ1n) is 5.83. The number of nitrogens with zero attached hydrogens (tertiary/aromatic N) is 1. The molecule has 0 saturated heterocycles. The Kier molecular flexibility index (Phi) is 4.71. The highest BCUT2D eigenvalue weighted by Crippen LogP contribution is 2.30. The van der Waals surface area contributed by atoms with Crippen LogP contribution in [0, 0.1) is 21.7 Å². The van der Waals surface area contributed by atoms with Gasteiger partial charge in [-0.3, -0.25) is 16.0 Å². The molecule has 21 heavy (non-hydrogen) atoms. The van der Waals surface area contributed by atoms with E-state index in [0.29, 0.717) is 11.3 Å². The second-order valence-corrected chi connectivity index (χ2v) is 5.12. The lowest BCUT2D eigenvalue weighted by atomic mass is 10.2. The molecule has 2 aromatic rings. The third-order valence-corrected chi connectivity index (χ3v) is 3.83. The Bertz CT molecular complexity index is 682. The molecule has 2 rings (SSSR count). The van der Waals surface area contributed by atoms with Crippen LogP contribution in [-0.4, -0.2) is 4.92 Å². The average Bonchev–Trinajstić information content (AvgIpc) is 2.46. The number of hydrogen-bond acceptors (Lipinski definition) is 5. The van der Waals surface area contributed by atoms with Gasteiger partial charge in [0.15, 0.2) is 0 Å². The molecule has 110 valence electrons. The number of anilines is 1. The Balaban J connectivity index is 2.22. The van der Waals surface area contributed by atoms with Crippen LogP contribution in [0.4, 0.5) is 20.2 Å². The number of nitrogen functional groups attached to an aromatic ring is 1. The number of thioether (sulfide) groups is 1. The topological polar surface area (TPSA) is 81.2 Å². The highest BCUT2D eigenvalue weighted by molar-refractivity contribution is 7.98. The molecule has 0 aliphatic carbocycles. The van der Waals surface area contributed by atoms with Crippen molar-refractivity contribution in [2.75, 3.05) is 5.43 Å². The van der Waals surface area contributed by atoms with Gasteiger partial charge in [-0.25, -0.2) is 8.78 Å². The molecule has 0 radical (unpaired) electrons. The number of nitrogens with two attached hydrogens (primary N) is 1. The largest absolute Gasteiger partial charge is 0.324 e. The maximum Gasteiger partial charge on any atom is 0.269 e. The van der Waals surface area contributed by atoms with E-state index >= 15 is 0 Å². The lowest BCUT2D eigenvalue weighted by Gasteiger charge is -2.09. The van der Waals surface area contributed by atoms with E-state index < -0.39 is 16.6 Å². The zero-order chi connectivity index (χ0) is 15.4. The number of nitro benzene ring substituents is 1. The second-order valence-electron chi connectivity index (χ2n) is 4.11. The first-order chi connectivity index (χ1) is 10.0. The summed E-state index contributed by atoms with van der Waals surface area (Å²) in [5.41, 5.74) is 3.42. The molecule has 0 atom stereocenters. The van der Waals surface area contributed by atoms with E-state index in [1.54, 1.807) is 0 Å². The summed E-state index contributed by atoms with van der Waals surface area (Å²) < 4.78 is 26.4. The minimum absolute atomic E-state index is 0.0795. The SMILES string of the molecule is NNc1ccc([N+](=O)[O-])cc1CSc1ccc(F)cc1F. The average molecular weight is 311 g/mol. The van der Waals surface area contributed by atoms with E-state index in [1.807, 2.05) is 0 Å². The lowest BCUT2D eigenvalue weighted by molar-refractivity contribution is -0.384.